The van der Waals surface area contributed by atoms with Crippen molar-refractivity contribution in [3.8, 4) is 11.1 Å². The second kappa shape index (κ2) is 15.7. The summed E-state index contributed by atoms with van der Waals surface area (Å²) in [5.41, 5.74) is 6.66. The molecule has 7 nitrogen and oxygen atoms in total. The number of nitrogens with one attached hydrogen (secondary N) is 1. The van der Waals surface area contributed by atoms with Crippen molar-refractivity contribution in [2.24, 2.45) is 5.92 Å². The van der Waals surface area contributed by atoms with Crippen LogP contribution >= 0.6 is 34.8 Å². The van der Waals surface area contributed by atoms with Gasteiger partial charge in [-0.2, -0.15) is 0 Å². The lowest BCUT2D eigenvalue weighted by molar-refractivity contribution is -0.275. The third-order valence-electron chi connectivity index (χ3n) is 8.30. The molecule has 1 aromatic heterocycles. The molecule has 4 unspecified atom stereocenters. The molecule has 10 heteroatoms. The molecule has 1 fully saturated rings. The van der Waals surface area contributed by atoms with E-state index in [4.69, 9.17) is 44.3 Å². The normalized spacial score (nSPS) is 20.1. The third kappa shape index (κ3) is 8.87. The summed E-state index contributed by atoms with van der Waals surface area (Å²) in [6.07, 6.45) is 1.78. The number of nitrogens with zero attached hydrogens (tertiary/aromatic N) is 2. The first-order valence-corrected chi connectivity index (χ1v) is 16.4. The highest BCUT2D eigenvalue weighted by Gasteiger charge is 2.39. The van der Waals surface area contributed by atoms with Gasteiger partial charge in [0.25, 0.3) is 9.70 Å². The number of hydrogen-bond acceptors (Lipinski definition) is 6. The Labute approximate surface area is 285 Å². The van der Waals surface area contributed by atoms with Crippen molar-refractivity contribution in [1.29, 1.82) is 0 Å². The molecule has 0 aliphatic carbocycles. The number of rotatable bonds is 11. The molecule has 242 valence electrons. The Hall–Kier alpha value is -3.01. The maximum Gasteiger partial charge on any atom is 0.272 e. The zero-order valence-electron chi connectivity index (χ0n) is 25.8. The van der Waals surface area contributed by atoms with Crippen LogP contribution in [0.25, 0.3) is 11.1 Å². The molecule has 3 aromatic carbocycles. The molecule has 1 amide bonds. The van der Waals surface area contributed by atoms with Crippen LogP contribution in [-0.2, 0) is 33.8 Å². The standard InChI is InChI=1S/C36H38Cl3N3O4/c1-24-32(22-42(2)20-18-30-8-5-6-19-40-30)45-34(46-33(24)27-12-10-25(23-43)11-13-27)28-16-14-26(15-17-28)31-9-4-3-7-29(31)21-41-35(44)36(37,38)39/h3-17,19,24,32-34,43H,18,20-23H2,1-2H3,(H,41,44). The molecule has 0 radical (unpaired) electrons. The average molecular weight is 683 g/mol. The van der Waals surface area contributed by atoms with Crippen LogP contribution in [0.15, 0.2) is 97.2 Å². The van der Waals surface area contributed by atoms with E-state index in [1.807, 2.05) is 97.2 Å². The van der Waals surface area contributed by atoms with Gasteiger partial charge in [0, 0.05) is 49.4 Å². The lowest BCUT2D eigenvalue weighted by Crippen LogP contribution is -2.43. The van der Waals surface area contributed by atoms with E-state index in [0.29, 0.717) is 0 Å². The number of likely N-dealkylation sites (N-methyl/N-ethyl adjacent to an activating group) is 1. The van der Waals surface area contributed by atoms with E-state index in [9.17, 15) is 9.90 Å². The number of aliphatic hydroxyl groups excluding tert-OH is 1. The summed E-state index contributed by atoms with van der Waals surface area (Å²) in [5, 5.41) is 12.3. The number of halogens is 3. The number of carbonyl (C=O) groups is 1. The SMILES string of the molecule is CC1C(CN(C)CCc2ccccn2)OC(c2ccc(-c3ccccc3CNC(=O)C(Cl)(Cl)Cl)cc2)OC1c1ccc(CO)cc1. The average Bonchev–Trinajstić information content (AvgIpc) is 3.07. The monoisotopic (exact) mass is 681 g/mol. The molecule has 4 aromatic rings. The molecular formula is C36H38Cl3N3O4. The smallest absolute Gasteiger partial charge is 0.272 e. The van der Waals surface area contributed by atoms with Crippen LogP contribution in [0.3, 0.4) is 0 Å². The van der Waals surface area contributed by atoms with Gasteiger partial charge in [0.2, 0.25) is 0 Å². The number of ether oxygens (including phenoxy) is 2. The van der Waals surface area contributed by atoms with Crippen LogP contribution in [0.5, 0.6) is 0 Å². The Morgan fingerprint density at radius 2 is 1.63 bits per heavy atom. The van der Waals surface area contributed by atoms with Crippen LogP contribution in [-0.4, -0.2) is 50.9 Å². The Kier molecular flexibility index (Phi) is 11.7. The van der Waals surface area contributed by atoms with Gasteiger partial charge < -0.3 is 24.8 Å². The van der Waals surface area contributed by atoms with Crippen molar-refractivity contribution in [1.82, 2.24) is 15.2 Å². The summed E-state index contributed by atoms with van der Waals surface area (Å²) < 4.78 is 11.3. The quantitative estimate of drug-likeness (QED) is 0.163. The number of alkyl halides is 3. The van der Waals surface area contributed by atoms with Gasteiger partial charge >= 0.3 is 0 Å². The topological polar surface area (TPSA) is 83.9 Å². The van der Waals surface area contributed by atoms with Gasteiger partial charge in [-0.15, -0.1) is 0 Å². The highest BCUT2D eigenvalue weighted by Crippen LogP contribution is 2.42. The fourth-order valence-corrected chi connectivity index (χ4v) is 5.83. The zero-order valence-corrected chi connectivity index (χ0v) is 28.1. The lowest BCUT2D eigenvalue weighted by atomic mass is 9.90. The molecule has 1 aliphatic heterocycles. The van der Waals surface area contributed by atoms with E-state index in [2.05, 4.69) is 29.2 Å². The lowest BCUT2D eigenvalue weighted by Gasteiger charge is -2.42. The maximum atomic E-state index is 12.1. The van der Waals surface area contributed by atoms with Gasteiger partial charge in [0.15, 0.2) is 6.29 Å². The van der Waals surface area contributed by atoms with Crippen LogP contribution in [0.4, 0.5) is 0 Å². The van der Waals surface area contributed by atoms with Gasteiger partial charge in [-0.3, -0.25) is 9.78 Å². The molecule has 2 N–H and O–H groups in total. The number of aliphatic hydroxyl groups is 1. The van der Waals surface area contributed by atoms with Crippen LogP contribution in [0.1, 0.15) is 47.3 Å². The minimum Gasteiger partial charge on any atom is -0.392 e. The molecule has 0 saturated carbocycles. The molecule has 46 heavy (non-hydrogen) atoms. The van der Waals surface area contributed by atoms with Crippen LogP contribution < -0.4 is 5.32 Å². The Morgan fingerprint density at radius 3 is 2.30 bits per heavy atom. The molecular weight excluding hydrogens is 645 g/mol. The first-order valence-electron chi connectivity index (χ1n) is 15.2. The Bertz CT molecular complexity index is 1570. The van der Waals surface area contributed by atoms with Gasteiger partial charge in [0.05, 0.1) is 18.8 Å². The predicted molar refractivity (Wildman–Crippen MR) is 182 cm³/mol. The van der Waals surface area contributed by atoms with E-state index in [0.717, 1.165) is 58.6 Å². The first-order chi connectivity index (χ1) is 22.1. The van der Waals surface area contributed by atoms with Crippen molar-refractivity contribution in [2.75, 3.05) is 20.1 Å². The molecule has 0 bridgehead atoms. The van der Waals surface area contributed by atoms with Gasteiger partial charge in [-0.25, -0.2) is 0 Å². The highest BCUT2D eigenvalue weighted by molar-refractivity contribution is 6.76. The van der Waals surface area contributed by atoms with Gasteiger partial charge in [-0.1, -0.05) is 121 Å². The fraction of sp³-hybridized carbons (Fsp3) is 0.333. The van der Waals surface area contributed by atoms with Crippen LogP contribution in [0, 0.1) is 5.92 Å². The maximum absolute atomic E-state index is 12.1. The molecule has 1 aliphatic rings. The Balaban J connectivity index is 1.34. The molecule has 2 heterocycles. The summed E-state index contributed by atoms with van der Waals surface area (Å²) >= 11 is 17.2. The van der Waals surface area contributed by atoms with Crippen molar-refractivity contribution in [3.05, 3.63) is 125 Å². The van der Waals surface area contributed by atoms with E-state index in [-0.39, 0.29) is 31.3 Å². The third-order valence-corrected chi connectivity index (χ3v) is 8.81. The highest BCUT2D eigenvalue weighted by atomic mass is 35.6. The summed E-state index contributed by atoms with van der Waals surface area (Å²) in [7, 11) is 2.11. The van der Waals surface area contributed by atoms with Gasteiger partial charge in [-0.05, 0) is 47.0 Å². The second-order valence-corrected chi connectivity index (χ2v) is 13.9. The van der Waals surface area contributed by atoms with Crippen molar-refractivity contribution in [3.63, 3.8) is 0 Å². The van der Waals surface area contributed by atoms with Gasteiger partial charge in [0.1, 0.15) is 0 Å². The minimum atomic E-state index is -2.03. The summed E-state index contributed by atoms with van der Waals surface area (Å²) in [5.74, 6) is -0.608. The number of benzene rings is 3. The van der Waals surface area contributed by atoms with E-state index >= 15 is 0 Å². The predicted octanol–water partition coefficient (Wildman–Crippen LogP) is 7.19. The van der Waals surface area contributed by atoms with Crippen LogP contribution in [0.2, 0.25) is 0 Å². The molecule has 5 rings (SSSR count). The molecule has 0 spiro atoms. The zero-order chi connectivity index (χ0) is 32.7. The Morgan fingerprint density at radius 1 is 0.935 bits per heavy atom. The summed E-state index contributed by atoms with van der Waals surface area (Å²) in [4.78, 5) is 18.9. The number of aromatic nitrogens is 1. The summed E-state index contributed by atoms with van der Waals surface area (Å²) in [6.45, 7) is 3.94. The number of pyridine rings is 1. The second-order valence-electron chi connectivity index (χ2n) is 11.6. The minimum absolute atomic E-state index is 0.00840. The fourth-order valence-electron chi connectivity index (χ4n) is 5.63. The van der Waals surface area contributed by atoms with Crippen molar-refractivity contribution >= 4 is 40.7 Å². The van der Waals surface area contributed by atoms with E-state index < -0.39 is 16.0 Å². The first kappa shape index (κ1) is 34.3. The number of amides is 1. The number of carbonyl (C=O) groups excluding carboxylic acids is 1. The van der Waals surface area contributed by atoms with Crippen molar-refractivity contribution in [2.45, 2.75) is 48.8 Å². The molecule has 1 saturated heterocycles. The number of hydrogen-bond donors (Lipinski definition) is 2. The van der Waals surface area contributed by atoms with Crippen molar-refractivity contribution < 1.29 is 19.4 Å². The largest absolute Gasteiger partial charge is 0.392 e. The van der Waals surface area contributed by atoms with E-state index in [1.54, 1.807) is 0 Å². The summed E-state index contributed by atoms with van der Waals surface area (Å²) in [6, 6.07) is 29.8. The molecule has 4 atom stereocenters. The van der Waals surface area contributed by atoms with E-state index in [1.165, 1.54) is 0 Å².